The summed E-state index contributed by atoms with van der Waals surface area (Å²) in [5, 5.41) is 8.01. The number of nitrogens with one attached hydrogen (secondary N) is 1. The summed E-state index contributed by atoms with van der Waals surface area (Å²) < 4.78 is 1.81. The summed E-state index contributed by atoms with van der Waals surface area (Å²) >= 11 is 0. The third-order valence-electron chi connectivity index (χ3n) is 3.68. The first-order chi connectivity index (χ1) is 11.1. The molecule has 0 aliphatic heterocycles. The van der Waals surface area contributed by atoms with Gasteiger partial charge in [-0.2, -0.15) is 9.61 Å². The molecule has 0 amide bonds. The molecule has 0 spiro atoms. The Bertz CT molecular complexity index is 804. The lowest BCUT2D eigenvalue weighted by Crippen LogP contribution is -2.08. The first-order valence-corrected chi connectivity index (χ1v) is 7.76. The fraction of sp³-hybridized carbons (Fsp3) is 0.294. The van der Waals surface area contributed by atoms with Crippen LogP contribution in [0.3, 0.4) is 0 Å². The molecule has 23 heavy (non-hydrogen) atoms. The van der Waals surface area contributed by atoms with Crippen molar-refractivity contribution in [3.05, 3.63) is 36.4 Å². The average Bonchev–Trinajstić information content (AvgIpc) is 2.96. The van der Waals surface area contributed by atoms with Gasteiger partial charge in [-0.3, -0.25) is 0 Å². The number of fused-ring (bicyclic) bond motifs is 1. The first kappa shape index (κ1) is 15.1. The molecule has 0 radical (unpaired) electrons. The van der Waals surface area contributed by atoms with E-state index in [1.807, 2.05) is 26.2 Å². The number of hydrogen-bond donors (Lipinski definition) is 2. The first-order valence-electron chi connectivity index (χ1n) is 7.76. The minimum Gasteiger partial charge on any atom is -0.384 e. The number of aromatic nitrogens is 3. The van der Waals surface area contributed by atoms with Crippen LogP contribution in [-0.2, 0) is 0 Å². The van der Waals surface area contributed by atoms with Crippen LogP contribution in [0.5, 0.6) is 0 Å². The van der Waals surface area contributed by atoms with E-state index in [1.165, 1.54) is 0 Å². The van der Waals surface area contributed by atoms with E-state index in [9.17, 15) is 0 Å². The van der Waals surface area contributed by atoms with Crippen molar-refractivity contribution in [2.24, 2.45) is 0 Å². The summed E-state index contributed by atoms with van der Waals surface area (Å²) in [6, 6.07) is 12.1. The summed E-state index contributed by atoms with van der Waals surface area (Å²) in [6.45, 7) is 2.99. The van der Waals surface area contributed by atoms with Crippen LogP contribution in [0.2, 0.25) is 0 Å². The van der Waals surface area contributed by atoms with Gasteiger partial charge >= 0.3 is 0 Å². The highest BCUT2D eigenvalue weighted by atomic mass is 15.3. The van der Waals surface area contributed by atoms with E-state index in [0.29, 0.717) is 5.82 Å². The highest BCUT2D eigenvalue weighted by Crippen LogP contribution is 2.24. The standard InChI is InChI=1S/C17H22N6/c1-4-9-19-16-11-15(18)20-17-10-14(21-23(16)17)12-5-7-13(8-6-12)22(2)3/h5-8,10-11,19H,4,9H2,1-3H3,(H2,18,20). The molecule has 0 bridgehead atoms. The monoisotopic (exact) mass is 310 g/mol. The third kappa shape index (κ3) is 3.06. The zero-order valence-corrected chi connectivity index (χ0v) is 13.7. The Morgan fingerprint density at radius 3 is 2.57 bits per heavy atom. The van der Waals surface area contributed by atoms with E-state index in [4.69, 9.17) is 5.73 Å². The van der Waals surface area contributed by atoms with Crippen molar-refractivity contribution < 1.29 is 0 Å². The zero-order chi connectivity index (χ0) is 16.4. The number of nitrogen functional groups attached to an aromatic ring is 1. The van der Waals surface area contributed by atoms with Crippen molar-refractivity contribution in [1.29, 1.82) is 0 Å². The number of nitrogens with two attached hydrogens (primary N) is 1. The topological polar surface area (TPSA) is 71.5 Å². The van der Waals surface area contributed by atoms with Crippen LogP contribution < -0.4 is 16.0 Å². The maximum Gasteiger partial charge on any atom is 0.160 e. The van der Waals surface area contributed by atoms with Crippen LogP contribution in [0.1, 0.15) is 13.3 Å². The summed E-state index contributed by atoms with van der Waals surface area (Å²) in [5.41, 5.74) is 9.74. The molecule has 3 N–H and O–H groups in total. The van der Waals surface area contributed by atoms with Gasteiger partial charge in [-0.25, -0.2) is 4.98 Å². The quantitative estimate of drug-likeness (QED) is 0.758. The molecular weight excluding hydrogens is 288 g/mol. The summed E-state index contributed by atoms with van der Waals surface area (Å²) in [5.74, 6) is 1.36. The minimum atomic E-state index is 0.491. The molecule has 6 heteroatoms. The number of nitrogens with zero attached hydrogens (tertiary/aromatic N) is 4. The van der Waals surface area contributed by atoms with Crippen LogP contribution in [0.15, 0.2) is 36.4 Å². The van der Waals surface area contributed by atoms with Gasteiger partial charge in [0.1, 0.15) is 11.6 Å². The Labute approximate surface area is 135 Å². The molecule has 0 saturated heterocycles. The van der Waals surface area contributed by atoms with Crippen molar-refractivity contribution in [3.63, 3.8) is 0 Å². The van der Waals surface area contributed by atoms with E-state index in [0.717, 1.165) is 41.4 Å². The van der Waals surface area contributed by atoms with E-state index in [1.54, 1.807) is 4.52 Å². The van der Waals surface area contributed by atoms with Crippen LogP contribution in [-0.4, -0.2) is 35.2 Å². The highest BCUT2D eigenvalue weighted by molar-refractivity contribution is 5.68. The average molecular weight is 310 g/mol. The number of hydrogen-bond acceptors (Lipinski definition) is 5. The maximum absolute atomic E-state index is 5.90. The molecule has 0 unspecified atom stereocenters. The van der Waals surface area contributed by atoms with E-state index in [2.05, 4.69) is 51.5 Å². The second-order valence-corrected chi connectivity index (χ2v) is 5.73. The molecule has 2 aromatic heterocycles. The van der Waals surface area contributed by atoms with Crippen molar-refractivity contribution >= 4 is 23.0 Å². The smallest absolute Gasteiger partial charge is 0.160 e. The van der Waals surface area contributed by atoms with E-state index < -0.39 is 0 Å². The molecule has 0 saturated carbocycles. The Morgan fingerprint density at radius 2 is 1.91 bits per heavy atom. The zero-order valence-electron chi connectivity index (χ0n) is 13.7. The Morgan fingerprint density at radius 1 is 1.17 bits per heavy atom. The lowest BCUT2D eigenvalue weighted by atomic mass is 10.1. The van der Waals surface area contributed by atoms with Gasteiger partial charge in [0.2, 0.25) is 0 Å². The molecule has 120 valence electrons. The predicted octanol–water partition coefficient (Wildman–Crippen LogP) is 2.87. The van der Waals surface area contributed by atoms with Gasteiger partial charge in [0.05, 0.1) is 5.69 Å². The summed E-state index contributed by atoms with van der Waals surface area (Å²) in [6.07, 6.45) is 1.03. The number of rotatable bonds is 5. The lowest BCUT2D eigenvalue weighted by Gasteiger charge is -2.12. The second-order valence-electron chi connectivity index (χ2n) is 5.73. The van der Waals surface area contributed by atoms with Crippen molar-refractivity contribution in [2.45, 2.75) is 13.3 Å². The van der Waals surface area contributed by atoms with Gasteiger partial charge in [-0.1, -0.05) is 19.1 Å². The Kier molecular flexibility index (Phi) is 4.06. The minimum absolute atomic E-state index is 0.491. The van der Waals surface area contributed by atoms with E-state index in [-0.39, 0.29) is 0 Å². The van der Waals surface area contributed by atoms with Gasteiger partial charge in [-0.05, 0) is 18.6 Å². The van der Waals surface area contributed by atoms with Crippen LogP contribution in [0.25, 0.3) is 16.9 Å². The Hall–Kier alpha value is -2.76. The lowest BCUT2D eigenvalue weighted by molar-refractivity contribution is 0.906. The van der Waals surface area contributed by atoms with Crippen LogP contribution in [0, 0.1) is 0 Å². The number of anilines is 3. The van der Waals surface area contributed by atoms with Gasteiger partial charge in [0, 0.05) is 44.0 Å². The normalized spacial score (nSPS) is 10.9. The highest BCUT2D eigenvalue weighted by Gasteiger charge is 2.10. The fourth-order valence-corrected chi connectivity index (χ4v) is 2.44. The Balaban J connectivity index is 2.02. The molecule has 0 fully saturated rings. The van der Waals surface area contributed by atoms with Crippen LogP contribution in [0.4, 0.5) is 17.3 Å². The molecule has 0 atom stereocenters. The second kappa shape index (κ2) is 6.16. The molecule has 0 aliphatic carbocycles. The third-order valence-corrected chi connectivity index (χ3v) is 3.68. The van der Waals surface area contributed by atoms with Gasteiger partial charge in [-0.15, -0.1) is 0 Å². The van der Waals surface area contributed by atoms with Gasteiger partial charge < -0.3 is 16.0 Å². The van der Waals surface area contributed by atoms with Crippen LogP contribution >= 0.6 is 0 Å². The molecule has 0 aliphatic rings. The van der Waals surface area contributed by atoms with Gasteiger partial charge in [0.15, 0.2) is 5.65 Å². The molecule has 3 rings (SSSR count). The molecular formula is C17H22N6. The summed E-state index contributed by atoms with van der Waals surface area (Å²) in [4.78, 5) is 6.44. The van der Waals surface area contributed by atoms with E-state index >= 15 is 0 Å². The largest absolute Gasteiger partial charge is 0.384 e. The SMILES string of the molecule is CCCNc1cc(N)nc2cc(-c3ccc(N(C)C)cc3)nn12. The number of benzene rings is 1. The van der Waals surface area contributed by atoms with Crippen molar-refractivity contribution in [3.8, 4) is 11.3 Å². The fourth-order valence-electron chi connectivity index (χ4n) is 2.44. The van der Waals surface area contributed by atoms with Crippen molar-refractivity contribution in [2.75, 3.05) is 36.6 Å². The van der Waals surface area contributed by atoms with Crippen molar-refractivity contribution in [1.82, 2.24) is 14.6 Å². The predicted molar refractivity (Wildman–Crippen MR) is 95.9 cm³/mol. The molecule has 6 nitrogen and oxygen atoms in total. The molecule has 3 aromatic rings. The molecule has 2 heterocycles. The van der Waals surface area contributed by atoms with Gasteiger partial charge in [0.25, 0.3) is 0 Å². The summed E-state index contributed by atoms with van der Waals surface area (Å²) in [7, 11) is 4.05. The molecule has 1 aromatic carbocycles. The maximum atomic E-state index is 5.90.